The van der Waals surface area contributed by atoms with E-state index in [4.69, 9.17) is 5.73 Å². The van der Waals surface area contributed by atoms with E-state index < -0.39 is 0 Å². The Morgan fingerprint density at radius 1 is 1.57 bits per heavy atom. The molecule has 0 amide bonds. The summed E-state index contributed by atoms with van der Waals surface area (Å²) in [6.07, 6.45) is 5.82. The van der Waals surface area contributed by atoms with Crippen molar-refractivity contribution in [1.82, 2.24) is 4.98 Å². The van der Waals surface area contributed by atoms with Crippen LogP contribution in [0.4, 0.5) is 0 Å². The molecule has 0 bridgehead atoms. The van der Waals surface area contributed by atoms with Crippen molar-refractivity contribution in [2.75, 3.05) is 6.54 Å². The molecule has 0 atom stereocenters. The highest BCUT2D eigenvalue weighted by Gasteiger charge is 2.44. The first-order chi connectivity index (χ1) is 6.68. The SMILES string of the molecule is CC(C)c1ncc(C2(CCN)CC2)s1. The maximum atomic E-state index is 5.64. The van der Waals surface area contributed by atoms with Gasteiger partial charge in [-0.05, 0) is 25.8 Å². The summed E-state index contributed by atoms with van der Waals surface area (Å²) in [7, 11) is 0. The molecule has 1 aromatic heterocycles. The molecule has 2 rings (SSSR count). The van der Waals surface area contributed by atoms with Crippen LogP contribution in [-0.4, -0.2) is 11.5 Å². The van der Waals surface area contributed by atoms with E-state index in [1.54, 1.807) is 0 Å². The van der Waals surface area contributed by atoms with Crippen molar-refractivity contribution < 1.29 is 0 Å². The van der Waals surface area contributed by atoms with Crippen LogP contribution in [0, 0.1) is 0 Å². The topological polar surface area (TPSA) is 38.9 Å². The van der Waals surface area contributed by atoms with Gasteiger partial charge in [-0.1, -0.05) is 13.8 Å². The first-order valence-corrected chi connectivity index (χ1v) is 6.16. The maximum absolute atomic E-state index is 5.64. The van der Waals surface area contributed by atoms with Crippen LogP contribution in [0.5, 0.6) is 0 Å². The Labute approximate surface area is 89.5 Å². The number of hydrogen-bond donors (Lipinski definition) is 1. The van der Waals surface area contributed by atoms with Crippen LogP contribution < -0.4 is 5.73 Å². The lowest BCUT2D eigenvalue weighted by atomic mass is 10.0. The highest BCUT2D eigenvalue weighted by Crippen LogP contribution is 2.52. The summed E-state index contributed by atoms with van der Waals surface area (Å²) >= 11 is 1.88. The molecule has 0 unspecified atom stereocenters. The highest BCUT2D eigenvalue weighted by molar-refractivity contribution is 7.11. The predicted molar refractivity (Wildman–Crippen MR) is 60.8 cm³/mol. The second kappa shape index (κ2) is 3.63. The lowest BCUT2D eigenvalue weighted by Crippen LogP contribution is -2.11. The van der Waals surface area contributed by atoms with E-state index in [2.05, 4.69) is 25.0 Å². The Kier molecular flexibility index (Phi) is 2.62. The number of rotatable bonds is 4. The first kappa shape index (κ1) is 10.1. The summed E-state index contributed by atoms with van der Waals surface area (Å²) in [4.78, 5) is 5.95. The zero-order chi connectivity index (χ0) is 10.2. The van der Waals surface area contributed by atoms with Gasteiger partial charge in [0.25, 0.3) is 0 Å². The average Bonchev–Trinajstić information content (AvgIpc) is 2.77. The Morgan fingerprint density at radius 2 is 2.29 bits per heavy atom. The zero-order valence-corrected chi connectivity index (χ0v) is 9.73. The van der Waals surface area contributed by atoms with Crippen molar-refractivity contribution in [3.63, 3.8) is 0 Å². The third-order valence-electron chi connectivity index (χ3n) is 3.02. The lowest BCUT2D eigenvalue weighted by molar-refractivity contribution is 0.639. The normalized spacial score (nSPS) is 18.9. The highest BCUT2D eigenvalue weighted by atomic mass is 32.1. The van der Waals surface area contributed by atoms with Crippen molar-refractivity contribution in [2.45, 2.75) is 44.4 Å². The second-order valence-corrected chi connectivity index (χ2v) is 5.60. The zero-order valence-electron chi connectivity index (χ0n) is 8.92. The van der Waals surface area contributed by atoms with Crippen molar-refractivity contribution >= 4 is 11.3 Å². The van der Waals surface area contributed by atoms with Crippen molar-refractivity contribution in [3.8, 4) is 0 Å². The Morgan fingerprint density at radius 3 is 2.71 bits per heavy atom. The van der Waals surface area contributed by atoms with Gasteiger partial charge in [0.05, 0.1) is 5.01 Å². The Bertz CT molecular complexity index is 313. The molecular formula is C11H18N2S. The average molecular weight is 210 g/mol. The summed E-state index contributed by atoms with van der Waals surface area (Å²) < 4.78 is 0. The first-order valence-electron chi connectivity index (χ1n) is 5.34. The van der Waals surface area contributed by atoms with E-state index in [1.165, 1.54) is 22.7 Å². The molecule has 1 heterocycles. The summed E-state index contributed by atoms with van der Waals surface area (Å²) in [6.45, 7) is 5.20. The third kappa shape index (κ3) is 1.71. The van der Waals surface area contributed by atoms with Gasteiger partial charge in [0, 0.05) is 22.4 Å². The van der Waals surface area contributed by atoms with Gasteiger partial charge in [-0.3, -0.25) is 0 Å². The molecule has 1 fully saturated rings. The molecule has 0 radical (unpaired) electrons. The molecule has 1 saturated carbocycles. The number of aromatic nitrogens is 1. The van der Waals surface area contributed by atoms with Gasteiger partial charge in [-0.2, -0.15) is 0 Å². The van der Waals surface area contributed by atoms with Gasteiger partial charge < -0.3 is 5.73 Å². The van der Waals surface area contributed by atoms with Crippen LogP contribution in [0.3, 0.4) is 0 Å². The van der Waals surface area contributed by atoms with Gasteiger partial charge in [0.1, 0.15) is 0 Å². The van der Waals surface area contributed by atoms with Gasteiger partial charge in [0.15, 0.2) is 0 Å². The van der Waals surface area contributed by atoms with Crippen LogP contribution >= 0.6 is 11.3 Å². The Hall–Kier alpha value is -0.410. The van der Waals surface area contributed by atoms with E-state index >= 15 is 0 Å². The molecule has 14 heavy (non-hydrogen) atoms. The summed E-state index contributed by atoms with van der Waals surface area (Å²) in [5.74, 6) is 0.558. The summed E-state index contributed by atoms with van der Waals surface area (Å²) in [5, 5.41) is 1.27. The molecule has 1 aliphatic carbocycles. The molecule has 0 spiro atoms. The standard InChI is InChI=1S/C11H18N2S/c1-8(2)10-13-7-9(14-10)11(3-4-11)5-6-12/h7-8H,3-6,12H2,1-2H3. The van der Waals surface area contributed by atoms with Gasteiger partial charge >= 0.3 is 0 Å². The number of nitrogens with zero attached hydrogens (tertiary/aromatic N) is 1. The largest absolute Gasteiger partial charge is 0.330 e. The molecule has 2 N–H and O–H groups in total. The summed E-state index contributed by atoms with van der Waals surface area (Å²) in [5.41, 5.74) is 6.07. The lowest BCUT2D eigenvalue weighted by Gasteiger charge is -2.09. The van der Waals surface area contributed by atoms with E-state index in [0.29, 0.717) is 11.3 Å². The van der Waals surface area contributed by atoms with Gasteiger partial charge in [0.2, 0.25) is 0 Å². The van der Waals surface area contributed by atoms with Crippen LogP contribution in [0.2, 0.25) is 0 Å². The van der Waals surface area contributed by atoms with E-state index in [0.717, 1.165) is 13.0 Å². The molecule has 0 aliphatic heterocycles. The predicted octanol–water partition coefficient (Wildman–Crippen LogP) is 2.65. The van der Waals surface area contributed by atoms with E-state index in [-0.39, 0.29) is 0 Å². The maximum Gasteiger partial charge on any atom is 0.0953 e. The number of thiazole rings is 1. The molecule has 0 aromatic carbocycles. The van der Waals surface area contributed by atoms with E-state index in [9.17, 15) is 0 Å². The fraction of sp³-hybridized carbons (Fsp3) is 0.727. The second-order valence-electron chi connectivity index (χ2n) is 4.54. The molecular weight excluding hydrogens is 192 g/mol. The van der Waals surface area contributed by atoms with Gasteiger partial charge in [-0.15, -0.1) is 11.3 Å². The van der Waals surface area contributed by atoms with Crippen molar-refractivity contribution in [2.24, 2.45) is 5.73 Å². The smallest absolute Gasteiger partial charge is 0.0953 e. The Balaban J connectivity index is 2.16. The number of hydrogen-bond acceptors (Lipinski definition) is 3. The van der Waals surface area contributed by atoms with Crippen molar-refractivity contribution in [3.05, 3.63) is 16.1 Å². The van der Waals surface area contributed by atoms with Gasteiger partial charge in [-0.25, -0.2) is 4.98 Å². The van der Waals surface area contributed by atoms with Crippen molar-refractivity contribution in [1.29, 1.82) is 0 Å². The quantitative estimate of drug-likeness (QED) is 0.829. The minimum Gasteiger partial charge on any atom is -0.330 e. The monoisotopic (exact) mass is 210 g/mol. The minimum absolute atomic E-state index is 0.430. The van der Waals surface area contributed by atoms with Crippen LogP contribution in [0.1, 0.15) is 48.9 Å². The van der Waals surface area contributed by atoms with Crippen LogP contribution in [0.25, 0.3) is 0 Å². The van der Waals surface area contributed by atoms with Crippen LogP contribution in [-0.2, 0) is 5.41 Å². The molecule has 3 heteroatoms. The molecule has 2 nitrogen and oxygen atoms in total. The molecule has 1 aromatic rings. The van der Waals surface area contributed by atoms with Crippen LogP contribution in [0.15, 0.2) is 6.20 Å². The van der Waals surface area contributed by atoms with E-state index in [1.807, 2.05) is 11.3 Å². The molecule has 0 saturated heterocycles. The fourth-order valence-electron chi connectivity index (χ4n) is 1.85. The fourth-order valence-corrected chi connectivity index (χ4v) is 3.04. The summed E-state index contributed by atoms with van der Waals surface area (Å²) in [6, 6.07) is 0. The molecule has 1 aliphatic rings. The number of nitrogens with two attached hydrogens (primary N) is 1. The minimum atomic E-state index is 0.430. The third-order valence-corrected chi connectivity index (χ3v) is 4.56. The molecule has 78 valence electrons.